The Balaban J connectivity index is 0.00000193. The Bertz CT molecular complexity index is 1310. The fourth-order valence-electron chi connectivity index (χ4n) is 4.94. The van der Waals surface area contributed by atoms with Gasteiger partial charge in [0, 0.05) is 64.8 Å². The minimum Gasteiger partial charge on any atom is -0.358 e. The van der Waals surface area contributed by atoms with Crippen LogP contribution in [0.15, 0.2) is 59.7 Å². The summed E-state index contributed by atoms with van der Waals surface area (Å²) in [5.74, 6) is 0. The van der Waals surface area contributed by atoms with Crippen LogP contribution in [0.2, 0.25) is 0 Å². The number of benzene rings is 1. The van der Waals surface area contributed by atoms with E-state index in [0.29, 0.717) is 12.1 Å². The van der Waals surface area contributed by atoms with Crippen LogP contribution < -0.4 is 10.9 Å². The molecule has 152 valence electrons. The van der Waals surface area contributed by atoms with Crippen molar-refractivity contribution in [3.05, 3.63) is 82.2 Å². The predicted molar refractivity (Wildman–Crippen MR) is 122 cm³/mol. The van der Waals surface area contributed by atoms with Gasteiger partial charge in [-0.3, -0.25) is 14.3 Å². The van der Waals surface area contributed by atoms with Gasteiger partial charge in [0.25, 0.3) is 5.56 Å². The number of H-pyrrole nitrogens is 1. The van der Waals surface area contributed by atoms with Crippen molar-refractivity contribution in [1.29, 1.82) is 0 Å². The Labute approximate surface area is 180 Å². The number of nitrogens with zero attached hydrogens (tertiary/aromatic N) is 2. The molecule has 0 amide bonds. The summed E-state index contributed by atoms with van der Waals surface area (Å²) in [6.07, 6.45) is 7.19. The number of hydrogen-bond donors (Lipinski definition) is 2. The van der Waals surface area contributed by atoms with Crippen LogP contribution in [0.5, 0.6) is 0 Å². The van der Waals surface area contributed by atoms with Crippen molar-refractivity contribution in [3.63, 3.8) is 0 Å². The van der Waals surface area contributed by atoms with Gasteiger partial charge in [-0.25, -0.2) is 0 Å². The number of halogens is 1. The zero-order chi connectivity index (χ0) is 19.5. The lowest BCUT2D eigenvalue weighted by atomic mass is 9.99. The lowest BCUT2D eigenvalue weighted by Gasteiger charge is -2.21. The number of fused-ring (bicyclic) bond motifs is 6. The van der Waals surface area contributed by atoms with Gasteiger partial charge in [-0.2, -0.15) is 0 Å². The fourth-order valence-corrected chi connectivity index (χ4v) is 4.94. The normalized spacial score (nSPS) is 19.5. The first-order valence-electron chi connectivity index (χ1n) is 10.2. The Hall–Kier alpha value is -2.89. The standard InChI is InChI=1S/C24H22N4O.ClH/c1-14-2-3-16(13-25-14)15-8-9-28(23(29)10-15)18-5-6-19-21(12-18)27-22-11-17-4-7-20(26-17)24(19)22;/h2-3,5-6,8-10,12-13,17,20,26-27H,4,7,11H2,1H3;1H. The van der Waals surface area contributed by atoms with E-state index in [2.05, 4.69) is 27.4 Å². The van der Waals surface area contributed by atoms with Crippen LogP contribution in [-0.2, 0) is 6.42 Å². The molecule has 1 saturated heterocycles. The van der Waals surface area contributed by atoms with E-state index in [1.807, 2.05) is 43.6 Å². The summed E-state index contributed by atoms with van der Waals surface area (Å²) >= 11 is 0. The SMILES string of the molecule is Cc1ccc(-c2ccn(-c3ccc4c5c([nH]c4c3)CC3CCC5N3)c(=O)c2)cn1.Cl. The molecule has 0 radical (unpaired) electrons. The maximum absolute atomic E-state index is 12.8. The molecule has 1 aromatic carbocycles. The molecule has 2 aliphatic heterocycles. The number of hydrogen-bond acceptors (Lipinski definition) is 3. The summed E-state index contributed by atoms with van der Waals surface area (Å²) < 4.78 is 1.70. The molecular weight excluding hydrogens is 396 g/mol. The predicted octanol–water partition coefficient (Wildman–Crippen LogP) is 4.46. The van der Waals surface area contributed by atoms with Crippen molar-refractivity contribution in [2.75, 3.05) is 0 Å². The van der Waals surface area contributed by atoms with Gasteiger partial charge in [-0.15, -0.1) is 12.4 Å². The molecule has 3 aromatic heterocycles. The molecule has 2 bridgehead atoms. The van der Waals surface area contributed by atoms with E-state index >= 15 is 0 Å². The minimum atomic E-state index is -0.0422. The maximum atomic E-state index is 12.8. The smallest absolute Gasteiger partial charge is 0.255 e. The zero-order valence-corrected chi connectivity index (χ0v) is 17.5. The Morgan fingerprint density at radius 2 is 1.97 bits per heavy atom. The topological polar surface area (TPSA) is 62.7 Å². The number of pyridine rings is 2. The number of aromatic nitrogens is 3. The highest BCUT2D eigenvalue weighted by atomic mass is 35.5. The van der Waals surface area contributed by atoms with E-state index in [0.717, 1.165) is 34.4 Å². The van der Waals surface area contributed by atoms with Crippen molar-refractivity contribution >= 4 is 23.3 Å². The fraction of sp³-hybridized carbons (Fsp3) is 0.250. The molecular formula is C24H23ClN4O. The summed E-state index contributed by atoms with van der Waals surface area (Å²) in [7, 11) is 0. The third kappa shape index (κ3) is 2.97. The largest absolute Gasteiger partial charge is 0.358 e. The molecule has 4 aromatic rings. The third-order valence-electron chi connectivity index (χ3n) is 6.39. The molecule has 2 aliphatic rings. The molecule has 1 fully saturated rings. The molecule has 30 heavy (non-hydrogen) atoms. The molecule has 2 unspecified atom stereocenters. The van der Waals surface area contributed by atoms with Gasteiger partial charge in [-0.05, 0) is 55.2 Å². The number of rotatable bonds is 2. The quantitative estimate of drug-likeness (QED) is 0.505. The average molecular weight is 419 g/mol. The van der Waals surface area contributed by atoms with E-state index in [1.54, 1.807) is 10.6 Å². The Kier molecular flexibility index (Phi) is 4.53. The van der Waals surface area contributed by atoms with Gasteiger partial charge in [-0.1, -0.05) is 12.1 Å². The van der Waals surface area contributed by atoms with Crippen LogP contribution in [0.4, 0.5) is 0 Å². The molecule has 0 spiro atoms. The van der Waals surface area contributed by atoms with Crippen LogP contribution in [0.25, 0.3) is 27.7 Å². The van der Waals surface area contributed by atoms with Crippen LogP contribution in [0, 0.1) is 6.92 Å². The van der Waals surface area contributed by atoms with Crippen molar-refractivity contribution in [3.8, 4) is 16.8 Å². The van der Waals surface area contributed by atoms with E-state index in [1.165, 1.54) is 29.5 Å². The van der Waals surface area contributed by atoms with Crippen molar-refractivity contribution < 1.29 is 0 Å². The molecule has 6 rings (SSSR count). The number of nitrogens with one attached hydrogen (secondary N) is 2. The van der Waals surface area contributed by atoms with Crippen LogP contribution in [0.1, 0.15) is 35.8 Å². The molecule has 0 saturated carbocycles. The van der Waals surface area contributed by atoms with Crippen LogP contribution in [0.3, 0.4) is 0 Å². The van der Waals surface area contributed by atoms with Crippen LogP contribution in [-0.4, -0.2) is 20.6 Å². The highest BCUT2D eigenvalue weighted by molar-refractivity contribution is 5.87. The number of aromatic amines is 1. The van der Waals surface area contributed by atoms with Gasteiger partial charge in [0.2, 0.25) is 0 Å². The Morgan fingerprint density at radius 3 is 2.77 bits per heavy atom. The van der Waals surface area contributed by atoms with Crippen molar-refractivity contribution in [2.45, 2.75) is 38.3 Å². The molecule has 6 heteroatoms. The first-order chi connectivity index (χ1) is 14.2. The van der Waals surface area contributed by atoms with Gasteiger partial charge in [0.05, 0.1) is 5.69 Å². The highest BCUT2D eigenvalue weighted by Gasteiger charge is 2.34. The summed E-state index contributed by atoms with van der Waals surface area (Å²) in [5, 5.41) is 5.00. The lowest BCUT2D eigenvalue weighted by Crippen LogP contribution is -2.31. The first-order valence-corrected chi connectivity index (χ1v) is 10.2. The summed E-state index contributed by atoms with van der Waals surface area (Å²) in [6, 6.07) is 15.0. The lowest BCUT2D eigenvalue weighted by molar-refractivity contribution is 0.513. The summed E-state index contributed by atoms with van der Waals surface area (Å²) in [4.78, 5) is 20.8. The zero-order valence-electron chi connectivity index (χ0n) is 16.7. The van der Waals surface area contributed by atoms with Gasteiger partial charge < -0.3 is 10.3 Å². The molecule has 5 nitrogen and oxygen atoms in total. The second kappa shape index (κ2) is 7.11. The maximum Gasteiger partial charge on any atom is 0.255 e. The monoisotopic (exact) mass is 418 g/mol. The van der Waals surface area contributed by atoms with E-state index < -0.39 is 0 Å². The second-order valence-electron chi connectivity index (χ2n) is 8.26. The molecule has 2 atom stereocenters. The first kappa shape index (κ1) is 19.1. The van der Waals surface area contributed by atoms with E-state index in [4.69, 9.17) is 0 Å². The number of aryl methyl sites for hydroxylation is 1. The van der Waals surface area contributed by atoms with Crippen LogP contribution >= 0.6 is 12.4 Å². The van der Waals surface area contributed by atoms with Gasteiger partial charge in [0.15, 0.2) is 0 Å². The van der Waals surface area contributed by atoms with Crippen molar-refractivity contribution in [1.82, 2.24) is 19.9 Å². The summed E-state index contributed by atoms with van der Waals surface area (Å²) in [6.45, 7) is 1.96. The van der Waals surface area contributed by atoms with E-state index in [9.17, 15) is 4.79 Å². The van der Waals surface area contributed by atoms with Gasteiger partial charge in [0.1, 0.15) is 0 Å². The molecule has 2 N–H and O–H groups in total. The van der Waals surface area contributed by atoms with Gasteiger partial charge >= 0.3 is 0 Å². The molecule has 0 aliphatic carbocycles. The average Bonchev–Trinajstić information content (AvgIpc) is 3.29. The third-order valence-corrected chi connectivity index (χ3v) is 6.39. The summed E-state index contributed by atoms with van der Waals surface area (Å²) in [5.41, 5.74) is 7.54. The highest BCUT2D eigenvalue weighted by Crippen LogP contribution is 2.40. The van der Waals surface area contributed by atoms with E-state index in [-0.39, 0.29) is 18.0 Å². The second-order valence-corrected chi connectivity index (χ2v) is 8.26. The minimum absolute atomic E-state index is 0. The molecule has 5 heterocycles. The van der Waals surface area contributed by atoms with Crippen molar-refractivity contribution in [2.24, 2.45) is 0 Å². The Morgan fingerprint density at radius 1 is 1.07 bits per heavy atom.